The van der Waals surface area contributed by atoms with Crippen molar-refractivity contribution in [2.45, 2.75) is 13.1 Å². The largest absolute Gasteiger partial charge is 0.307 e. The van der Waals surface area contributed by atoms with Gasteiger partial charge in [-0.2, -0.15) is 0 Å². The smallest absolute Gasteiger partial charge is 0.178 e. The van der Waals surface area contributed by atoms with Gasteiger partial charge in [-0.05, 0) is 12.1 Å². The van der Waals surface area contributed by atoms with Crippen LogP contribution in [0.3, 0.4) is 0 Å². The zero-order chi connectivity index (χ0) is 11.0. The van der Waals surface area contributed by atoms with Crippen molar-refractivity contribution in [3.8, 4) is 11.5 Å². The Labute approximate surface area is 97.7 Å². The second-order valence-corrected chi connectivity index (χ2v) is 4.07. The van der Waals surface area contributed by atoms with E-state index in [-0.39, 0.29) is 0 Å². The predicted octanol–water partition coefficient (Wildman–Crippen LogP) is 1.80. The highest BCUT2D eigenvalue weighted by Gasteiger charge is 2.13. The van der Waals surface area contributed by atoms with Gasteiger partial charge in [-0.1, -0.05) is 11.6 Å². The number of nitrogens with one attached hydrogen (secondary N) is 1. The van der Waals surface area contributed by atoms with Crippen molar-refractivity contribution >= 4 is 11.6 Å². The summed E-state index contributed by atoms with van der Waals surface area (Å²) in [6.07, 6.45) is 3.46. The highest BCUT2D eigenvalue weighted by molar-refractivity contribution is 6.30. The van der Waals surface area contributed by atoms with Crippen LogP contribution in [-0.4, -0.2) is 15.0 Å². The van der Waals surface area contributed by atoms with Gasteiger partial charge in [0.2, 0.25) is 0 Å². The molecular weight excluding hydrogens is 224 g/mol. The van der Waals surface area contributed by atoms with Crippen molar-refractivity contribution in [1.82, 2.24) is 20.3 Å². The molecule has 2 aromatic rings. The molecule has 5 heteroatoms. The van der Waals surface area contributed by atoms with Gasteiger partial charge in [0.1, 0.15) is 5.69 Å². The Hall–Kier alpha value is -1.52. The van der Waals surface area contributed by atoms with Crippen molar-refractivity contribution in [3.05, 3.63) is 40.8 Å². The average molecular weight is 233 g/mol. The van der Waals surface area contributed by atoms with Crippen LogP contribution in [0, 0.1) is 0 Å². The third kappa shape index (κ3) is 1.66. The fourth-order valence-corrected chi connectivity index (χ4v) is 1.80. The summed E-state index contributed by atoms with van der Waals surface area (Å²) in [5, 5.41) is 3.85. The minimum Gasteiger partial charge on any atom is -0.307 e. The Morgan fingerprint density at radius 3 is 2.88 bits per heavy atom. The number of hydrogen-bond acceptors (Lipinski definition) is 4. The topological polar surface area (TPSA) is 50.7 Å². The summed E-state index contributed by atoms with van der Waals surface area (Å²) < 4.78 is 0. The summed E-state index contributed by atoms with van der Waals surface area (Å²) in [6, 6.07) is 3.62. The number of halogens is 1. The van der Waals surface area contributed by atoms with E-state index >= 15 is 0 Å². The minimum atomic E-state index is 0.617. The van der Waals surface area contributed by atoms with Crippen molar-refractivity contribution < 1.29 is 0 Å². The van der Waals surface area contributed by atoms with Crippen LogP contribution in [0.2, 0.25) is 5.02 Å². The summed E-state index contributed by atoms with van der Waals surface area (Å²) in [5.41, 5.74) is 2.97. The zero-order valence-electron chi connectivity index (χ0n) is 8.44. The number of aromatic nitrogens is 3. The molecule has 16 heavy (non-hydrogen) atoms. The molecule has 80 valence electrons. The lowest BCUT2D eigenvalue weighted by molar-refractivity contribution is 0.758. The number of fused-ring (bicyclic) bond motifs is 1. The van der Waals surface area contributed by atoms with E-state index in [1.165, 1.54) is 0 Å². The van der Waals surface area contributed by atoms with E-state index in [1.807, 2.05) is 12.3 Å². The molecule has 3 heterocycles. The molecular formula is C11H9ClN4. The molecule has 1 aliphatic rings. The van der Waals surface area contributed by atoms with E-state index in [4.69, 9.17) is 11.6 Å². The van der Waals surface area contributed by atoms with Crippen LogP contribution in [0.4, 0.5) is 0 Å². The van der Waals surface area contributed by atoms with Gasteiger partial charge >= 0.3 is 0 Å². The van der Waals surface area contributed by atoms with Gasteiger partial charge in [0, 0.05) is 31.0 Å². The molecule has 0 bridgehead atoms. The van der Waals surface area contributed by atoms with Crippen molar-refractivity contribution in [1.29, 1.82) is 0 Å². The summed E-state index contributed by atoms with van der Waals surface area (Å²) in [4.78, 5) is 13.0. The molecule has 1 N–H and O–H groups in total. The maximum atomic E-state index is 5.78. The van der Waals surface area contributed by atoms with Crippen LogP contribution in [0.1, 0.15) is 11.3 Å². The summed E-state index contributed by atoms with van der Waals surface area (Å²) >= 11 is 5.78. The first-order valence-corrected chi connectivity index (χ1v) is 5.38. The first-order chi connectivity index (χ1) is 7.83. The number of hydrogen-bond donors (Lipinski definition) is 1. The van der Waals surface area contributed by atoms with Gasteiger partial charge in [0.25, 0.3) is 0 Å². The summed E-state index contributed by atoms with van der Waals surface area (Å²) in [7, 11) is 0. The molecule has 4 nitrogen and oxygen atoms in total. The lowest BCUT2D eigenvalue weighted by atomic mass is 10.2. The molecule has 0 fully saturated rings. The Balaban J connectivity index is 2.03. The van der Waals surface area contributed by atoms with Crippen molar-refractivity contribution in [2.24, 2.45) is 0 Å². The highest BCUT2D eigenvalue weighted by atomic mass is 35.5. The molecule has 0 atom stereocenters. The summed E-state index contributed by atoms with van der Waals surface area (Å²) in [5.74, 6) is 0.652. The normalized spacial score (nSPS) is 13.8. The SMILES string of the molecule is Clc1ccc(-c2ncc3c(n2)CNC3)nc1. The van der Waals surface area contributed by atoms with E-state index in [0.717, 1.165) is 30.0 Å². The maximum absolute atomic E-state index is 5.78. The second-order valence-electron chi connectivity index (χ2n) is 3.63. The first-order valence-electron chi connectivity index (χ1n) is 5.00. The number of rotatable bonds is 1. The van der Waals surface area contributed by atoms with Gasteiger partial charge in [-0.3, -0.25) is 4.98 Å². The monoisotopic (exact) mass is 232 g/mol. The van der Waals surface area contributed by atoms with E-state index in [0.29, 0.717) is 10.8 Å². The third-order valence-electron chi connectivity index (χ3n) is 2.52. The Kier molecular flexibility index (Phi) is 2.31. The second kappa shape index (κ2) is 3.81. The standard InChI is InChI=1S/C11H9ClN4/c12-8-1-2-9(14-5-8)11-15-4-7-3-13-6-10(7)16-11/h1-2,4-5,13H,3,6H2. The van der Waals surface area contributed by atoms with Gasteiger partial charge in [0.05, 0.1) is 10.7 Å². The average Bonchev–Trinajstić information content (AvgIpc) is 2.77. The van der Waals surface area contributed by atoms with Crippen LogP contribution < -0.4 is 5.32 Å². The van der Waals surface area contributed by atoms with Gasteiger partial charge < -0.3 is 5.32 Å². The van der Waals surface area contributed by atoms with Crippen LogP contribution >= 0.6 is 11.6 Å². The molecule has 0 unspecified atom stereocenters. The third-order valence-corrected chi connectivity index (χ3v) is 2.74. The lowest BCUT2D eigenvalue weighted by Gasteiger charge is -2.01. The van der Waals surface area contributed by atoms with Gasteiger partial charge in [-0.25, -0.2) is 9.97 Å². The van der Waals surface area contributed by atoms with Crippen molar-refractivity contribution in [2.75, 3.05) is 0 Å². The van der Waals surface area contributed by atoms with Gasteiger partial charge in [-0.15, -0.1) is 0 Å². The zero-order valence-corrected chi connectivity index (χ0v) is 9.20. The van der Waals surface area contributed by atoms with Crippen molar-refractivity contribution in [3.63, 3.8) is 0 Å². The summed E-state index contributed by atoms with van der Waals surface area (Å²) in [6.45, 7) is 1.65. The molecule has 0 aromatic carbocycles. The van der Waals surface area contributed by atoms with E-state index in [9.17, 15) is 0 Å². The Bertz CT molecular complexity index is 524. The molecule has 0 saturated carbocycles. The molecule has 0 amide bonds. The fourth-order valence-electron chi connectivity index (χ4n) is 1.69. The Morgan fingerprint density at radius 2 is 2.06 bits per heavy atom. The predicted molar refractivity (Wildman–Crippen MR) is 60.8 cm³/mol. The molecule has 0 saturated heterocycles. The molecule has 0 aliphatic carbocycles. The molecule has 2 aromatic heterocycles. The molecule has 0 spiro atoms. The van der Waals surface area contributed by atoms with Crippen LogP contribution in [0.5, 0.6) is 0 Å². The fraction of sp³-hybridized carbons (Fsp3) is 0.182. The van der Waals surface area contributed by atoms with E-state index < -0.39 is 0 Å². The Morgan fingerprint density at radius 1 is 1.12 bits per heavy atom. The van der Waals surface area contributed by atoms with E-state index in [1.54, 1.807) is 12.3 Å². The minimum absolute atomic E-state index is 0.617. The van der Waals surface area contributed by atoms with Crippen LogP contribution in [-0.2, 0) is 13.1 Å². The van der Waals surface area contributed by atoms with Gasteiger partial charge in [0.15, 0.2) is 5.82 Å². The van der Waals surface area contributed by atoms with Crippen LogP contribution in [0.25, 0.3) is 11.5 Å². The highest BCUT2D eigenvalue weighted by Crippen LogP contribution is 2.18. The first kappa shape index (κ1) is 9.69. The molecule has 0 radical (unpaired) electrons. The van der Waals surface area contributed by atoms with E-state index in [2.05, 4.69) is 20.3 Å². The quantitative estimate of drug-likeness (QED) is 0.815. The molecule has 3 rings (SSSR count). The lowest BCUT2D eigenvalue weighted by Crippen LogP contribution is -2.00. The molecule has 1 aliphatic heterocycles. The van der Waals surface area contributed by atoms with Crippen LogP contribution in [0.15, 0.2) is 24.5 Å². The maximum Gasteiger partial charge on any atom is 0.178 e. The number of pyridine rings is 1. The number of nitrogens with zero attached hydrogens (tertiary/aromatic N) is 3.